The van der Waals surface area contributed by atoms with E-state index in [2.05, 4.69) is 30.5 Å². The molecule has 0 aliphatic carbocycles. The fourth-order valence-electron chi connectivity index (χ4n) is 4.07. The molecule has 5 atom stereocenters. The number of aryl methyl sites for hydroxylation is 1. The number of rotatable bonds is 8. The zero-order valence-electron chi connectivity index (χ0n) is 18.8. The standard InChI is InChI=1S/C21H25N9O5/c1-2-30-19(26-27-28-30)16-14(32)15(33)20(35-16)29-10-23-13-17(22)24-21(25-18(13)29)34-12(9-31)8-11-6-4-3-5-7-11/h3-7,10,12,14-16,20,31-33H,2,8-9H2,1H3,(H2,22,24,25)/t12-,14?,15?,16?,20?/m0/s1. The van der Waals surface area contributed by atoms with Crippen LogP contribution in [0.15, 0.2) is 36.7 Å². The number of nitrogens with two attached hydrogens (primary N) is 1. The summed E-state index contributed by atoms with van der Waals surface area (Å²) in [5.74, 6) is 0.343. The van der Waals surface area contributed by atoms with Crippen LogP contribution in [-0.4, -0.2) is 80.0 Å². The second-order valence-electron chi connectivity index (χ2n) is 8.11. The highest BCUT2D eigenvalue weighted by Crippen LogP contribution is 2.39. The molecule has 1 saturated heterocycles. The van der Waals surface area contributed by atoms with Crippen LogP contribution in [0.3, 0.4) is 0 Å². The Morgan fingerprint density at radius 1 is 1.17 bits per heavy atom. The molecular formula is C21H25N9O5. The van der Waals surface area contributed by atoms with E-state index < -0.39 is 30.6 Å². The third-order valence-electron chi connectivity index (χ3n) is 5.84. The summed E-state index contributed by atoms with van der Waals surface area (Å²) in [6, 6.07) is 9.49. The van der Waals surface area contributed by atoms with Crippen LogP contribution in [0.2, 0.25) is 0 Å². The first-order valence-electron chi connectivity index (χ1n) is 11.1. The lowest BCUT2D eigenvalue weighted by Crippen LogP contribution is -2.29. The van der Waals surface area contributed by atoms with Crippen LogP contribution < -0.4 is 10.5 Å². The molecule has 0 bridgehead atoms. The van der Waals surface area contributed by atoms with Crippen LogP contribution >= 0.6 is 0 Å². The average molecular weight is 483 g/mol. The molecular weight excluding hydrogens is 458 g/mol. The lowest BCUT2D eigenvalue weighted by molar-refractivity contribution is -0.0396. The SMILES string of the molecule is CCn1nnnc1C1OC(n2cnc3c(N)nc(O[C@H](CO)Cc4ccccc4)nc32)C(O)C1O. The molecule has 1 fully saturated rings. The summed E-state index contributed by atoms with van der Waals surface area (Å²) in [7, 11) is 0. The summed E-state index contributed by atoms with van der Waals surface area (Å²) in [5, 5.41) is 42.7. The third kappa shape index (κ3) is 4.27. The minimum absolute atomic E-state index is 0.0552. The Bertz CT molecular complexity index is 1300. The molecule has 1 aromatic carbocycles. The van der Waals surface area contributed by atoms with E-state index in [1.165, 1.54) is 15.6 Å². The lowest BCUT2D eigenvalue weighted by atomic mass is 10.1. The Hall–Kier alpha value is -3.72. The van der Waals surface area contributed by atoms with Crippen LogP contribution in [0.1, 0.15) is 30.6 Å². The summed E-state index contributed by atoms with van der Waals surface area (Å²) in [6.07, 6.45) is -3.44. The van der Waals surface area contributed by atoms with Crippen molar-refractivity contribution in [2.45, 2.75) is 50.5 Å². The molecule has 3 aromatic heterocycles. The first-order chi connectivity index (χ1) is 17.0. The van der Waals surface area contributed by atoms with Gasteiger partial charge in [-0.25, -0.2) is 9.67 Å². The smallest absolute Gasteiger partial charge is 0.320 e. The Balaban J connectivity index is 1.43. The van der Waals surface area contributed by atoms with Crippen molar-refractivity contribution in [1.29, 1.82) is 0 Å². The molecule has 4 aromatic rings. The van der Waals surface area contributed by atoms with Gasteiger partial charge in [-0.2, -0.15) is 9.97 Å². The van der Waals surface area contributed by atoms with Crippen molar-refractivity contribution in [3.63, 3.8) is 0 Å². The predicted molar refractivity (Wildman–Crippen MR) is 120 cm³/mol. The maximum atomic E-state index is 10.8. The molecule has 1 aliphatic rings. The molecule has 184 valence electrons. The number of imidazole rings is 1. The molecule has 0 radical (unpaired) electrons. The summed E-state index contributed by atoms with van der Waals surface area (Å²) < 4.78 is 14.7. The van der Waals surface area contributed by atoms with Crippen molar-refractivity contribution in [3.8, 4) is 6.01 Å². The highest BCUT2D eigenvalue weighted by atomic mass is 16.6. The van der Waals surface area contributed by atoms with Crippen LogP contribution in [-0.2, 0) is 17.7 Å². The molecule has 1 aliphatic heterocycles. The molecule has 0 saturated carbocycles. The van der Waals surface area contributed by atoms with Crippen LogP contribution in [0.5, 0.6) is 6.01 Å². The summed E-state index contributed by atoms with van der Waals surface area (Å²) in [5.41, 5.74) is 7.57. The number of aliphatic hydroxyl groups excluding tert-OH is 3. The Morgan fingerprint density at radius 3 is 2.71 bits per heavy atom. The molecule has 4 heterocycles. The summed E-state index contributed by atoms with van der Waals surface area (Å²) >= 11 is 0. The van der Waals surface area contributed by atoms with Crippen molar-refractivity contribution in [2.75, 3.05) is 12.3 Å². The molecule has 35 heavy (non-hydrogen) atoms. The van der Waals surface area contributed by atoms with Gasteiger partial charge in [0.05, 0.1) is 12.9 Å². The van der Waals surface area contributed by atoms with Crippen molar-refractivity contribution in [2.24, 2.45) is 0 Å². The number of nitrogen functional groups attached to an aromatic ring is 1. The Kier molecular flexibility index (Phi) is 6.25. The van der Waals surface area contributed by atoms with Gasteiger partial charge in [-0.3, -0.25) is 4.57 Å². The Labute approximate surface area is 199 Å². The second kappa shape index (κ2) is 9.50. The zero-order chi connectivity index (χ0) is 24.5. The van der Waals surface area contributed by atoms with E-state index in [1.54, 1.807) is 0 Å². The quantitative estimate of drug-likeness (QED) is 0.249. The number of anilines is 1. The van der Waals surface area contributed by atoms with Crippen molar-refractivity contribution < 1.29 is 24.8 Å². The number of aliphatic hydroxyl groups is 3. The molecule has 14 nitrogen and oxygen atoms in total. The molecule has 5 rings (SSSR count). The van der Waals surface area contributed by atoms with E-state index in [4.69, 9.17) is 15.2 Å². The summed E-state index contributed by atoms with van der Waals surface area (Å²) in [4.78, 5) is 12.8. The van der Waals surface area contributed by atoms with Gasteiger partial charge in [0.25, 0.3) is 0 Å². The Morgan fingerprint density at radius 2 is 1.97 bits per heavy atom. The van der Waals surface area contributed by atoms with Gasteiger partial charge >= 0.3 is 6.01 Å². The fraction of sp³-hybridized carbons (Fsp3) is 0.429. The van der Waals surface area contributed by atoms with Crippen molar-refractivity contribution >= 4 is 17.0 Å². The maximum Gasteiger partial charge on any atom is 0.320 e. The highest BCUT2D eigenvalue weighted by Gasteiger charge is 2.47. The lowest BCUT2D eigenvalue weighted by Gasteiger charge is -2.18. The third-order valence-corrected chi connectivity index (χ3v) is 5.84. The highest BCUT2D eigenvalue weighted by molar-refractivity contribution is 5.82. The van der Waals surface area contributed by atoms with E-state index in [1.807, 2.05) is 37.3 Å². The number of tetrazole rings is 1. The number of ether oxygens (including phenoxy) is 2. The molecule has 14 heteroatoms. The maximum absolute atomic E-state index is 10.8. The van der Waals surface area contributed by atoms with Gasteiger partial charge in [-0.1, -0.05) is 30.3 Å². The number of fused-ring (bicyclic) bond motifs is 1. The van der Waals surface area contributed by atoms with E-state index in [-0.39, 0.29) is 35.4 Å². The number of hydrogen-bond donors (Lipinski definition) is 4. The number of hydrogen-bond acceptors (Lipinski definition) is 12. The monoisotopic (exact) mass is 483 g/mol. The van der Waals surface area contributed by atoms with Gasteiger partial charge < -0.3 is 30.5 Å². The average Bonchev–Trinajstić information content (AvgIpc) is 3.57. The first kappa shape index (κ1) is 23.0. The van der Waals surface area contributed by atoms with Crippen LogP contribution in [0.25, 0.3) is 11.2 Å². The van der Waals surface area contributed by atoms with Crippen molar-refractivity contribution in [3.05, 3.63) is 48.0 Å². The number of nitrogens with zero attached hydrogens (tertiary/aromatic N) is 8. The fourth-order valence-corrected chi connectivity index (χ4v) is 4.07. The molecule has 0 amide bonds. The molecule has 4 unspecified atom stereocenters. The molecule has 0 spiro atoms. The van der Waals surface area contributed by atoms with E-state index in [0.717, 1.165) is 5.56 Å². The second-order valence-corrected chi connectivity index (χ2v) is 8.11. The topological polar surface area (TPSA) is 192 Å². The van der Waals surface area contributed by atoms with E-state index >= 15 is 0 Å². The van der Waals surface area contributed by atoms with Gasteiger partial charge in [0.15, 0.2) is 29.0 Å². The molecule has 5 N–H and O–H groups in total. The normalized spacial score (nSPS) is 23.1. The van der Waals surface area contributed by atoms with Gasteiger partial charge in [0, 0.05) is 13.0 Å². The van der Waals surface area contributed by atoms with Gasteiger partial charge in [-0.05, 0) is 22.9 Å². The number of benzene rings is 1. The van der Waals surface area contributed by atoms with Crippen LogP contribution in [0, 0.1) is 0 Å². The summed E-state index contributed by atoms with van der Waals surface area (Å²) in [6.45, 7) is 2.04. The van der Waals surface area contributed by atoms with Gasteiger partial charge in [-0.15, -0.1) is 5.10 Å². The minimum atomic E-state index is -1.33. The van der Waals surface area contributed by atoms with Gasteiger partial charge in [0.2, 0.25) is 0 Å². The van der Waals surface area contributed by atoms with Gasteiger partial charge in [0.1, 0.15) is 24.4 Å². The number of aromatic nitrogens is 8. The van der Waals surface area contributed by atoms with E-state index in [9.17, 15) is 15.3 Å². The van der Waals surface area contributed by atoms with Crippen LogP contribution in [0.4, 0.5) is 5.82 Å². The largest absolute Gasteiger partial charge is 0.457 e. The zero-order valence-corrected chi connectivity index (χ0v) is 18.8. The van der Waals surface area contributed by atoms with E-state index in [0.29, 0.717) is 13.0 Å². The van der Waals surface area contributed by atoms with Crippen molar-refractivity contribution in [1.82, 2.24) is 39.7 Å². The minimum Gasteiger partial charge on any atom is -0.457 e. The first-order valence-corrected chi connectivity index (χ1v) is 11.1. The predicted octanol–water partition coefficient (Wildman–Crippen LogP) is -0.611.